The van der Waals surface area contributed by atoms with Crippen LogP contribution in [0.15, 0.2) is 12.1 Å². The number of amides is 1. The van der Waals surface area contributed by atoms with Crippen LogP contribution in [0.3, 0.4) is 0 Å². The van der Waals surface area contributed by atoms with Gasteiger partial charge < -0.3 is 14.2 Å². The smallest absolute Gasteiger partial charge is 0.275 e. The zero-order valence-corrected chi connectivity index (χ0v) is 13.0. The maximum atomic E-state index is 12.0. The van der Waals surface area contributed by atoms with E-state index in [2.05, 4.69) is 5.48 Å². The van der Waals surface area contributed by atoms with Gasteiger partial charge in [0, 0.05) is 5.56 Å². The van der Waals surface area contributed by atoms with Crippen LogP contribution in [0.25, 0.3) is 0 Å². The monoisotopic (exact) mass is 297 g/mol. The van der Waals surface area contributed by atoms with Crippen molar-refractivity contribution in [3.63, 3.8) is 0 Å². The van der Waals surface area contributed by atoms with Gasteiger partial charge in [0.15, 0.2) is 11.5 Å². The largest absolute Gasteiger partial charge is 0.490 e. The lowest BCUT2D eigenvalue weighted by Gasteiger charge is -2.17. The molecule has 0 bridgehead atoms. The summed E-state index contributed by atoms with van der Waals surface area (Å²) in [7, 11) is 0. The van der Waals surface area contributed by atoms with Crippen LogP contribution < -0.4 is 19.7 Å². The van der Waals surface area contributed by atoms with Gasteiger partial charge in [-0.15, -0.1) is 0 Å². The number of carbonyl (C=O) groups is 1. The number of ether oxygens (including phenoxy) is 3. The van der Waals surface area contributed by atoms with Gasteiger partial charge in [-0.3, -0.25) is 9.63 Å². The molecular formula is C15H23NO5. The summed E-state index contributed by atoms with van der Waals surface area (Å²) in [5, 5.41) is 0. The van der Waals surface area contributed by atoms with Crippen molar-refractivity contribution in [1.29, 1.82) is 0 Å². The van der Waals surface area contributed by atoms with E-state index in [1.54, 1.807) is 19.1 Å². The van der Waals surface area contributed by atoms with Gasteiger partial charge in [-0.2, -0.15) is 0 Å². The van der Waals surface area contributed by atoms with E-state index in [9.17, 15) is 4.79 Å². The average Bonchev–Trinajstić information content (AvgIpc) is 2.48. The highest BCUT2D eigenvalue weighted by Crippen LogP contribution is 2.39. The van der Waals surface area contributed by atoms with Crippen molar-refractivity contribution in [2.45, 2.75) is 27.7 Å². The molecule has 1 N–H and O–H groups in total. The van der Waals surface area contributed by atoms with Gasteiger partial charge in [-0.25, -0.2) is 5.48 Å². The topological polar surface area (TPSA) is 66.0 Å². The molecule has 0 saturated carbocycles. The summed E-state index contributed by atoms with van der Waals surface area (Å²) in [4.78, 5) is 16.9. The molecule has 21 heavy (non-hydrogen) atoms. The Labute approximate surface area is 125 Å². The first-order valence-electron chi connectivity index (χ1n) is 7.16. The Morgan fingerprint density at radius 1 is 0.905 bits per heavy atom. The maximum absolute atomic E-state index is 12.0. The van der Waals surface area contributed by atoms with Crippen molar-refractivity contribution in [3.8, 4) is 17.2 Å². The number of benzene rings is 1. The third-order valence-electron chi connectivity index (χ3n) is 2.48. The van der Waals surface area contributed by atoms with E-state index in [0.717, 1.165) is 0 Å². The van der Waals surface area contributed by atoms with Crippen molar-refractivity contribution in [2.75, 3.05) is 26.4 Å². The molecule has 0 aliphatic heterocycles. The fraction of sp³-hybridized carbons (Fsp3) is 0.533. The molecule has 6 heteroatoms. The molecule has 1 amide bonds. The van der Waals surface area contributed by atoms with Crippen molar-refractivity contribution in [3.05, 3.63) is 17.7 Å². The highest BCUT2D eigenvalue weighted by molar-refractivity contribution is 5.95. The number of hydroxylamine groups is 1. The Morgan fingerprint density at radius 2 is 1.43 bits per heavy atom. The molecule has 1 aromatic rings. The molecule has 0 spiro atoms. The molecular weight excluding hydrogens is 274 g/mol. The molecule has 0 unspecified atom stereocenters. The Morgan fingerprint density at radius 3 is 1.86 bits per heavy atom. The number of rotatable bonds is 9. The molecule has 0 heterocycles. The molecule has 6 nitrogen and oxygen atoms in total. The third kappa shape index (κ3) is 4.82. The Bertz CT molecular complexity index is 434. The Hall–Kier alpha value is -1.95. The molecule has 0 aliphatic rings. The number of hydrogen-bond donors (Lipinski definition) is 1. The predicted molar refractivity (Wildman–Crippen MR) is 79.0 cm³/mol. The lowest BCUT2D eigenvalue weighted by atomic mass is 10.1. The van der Waals surface area contributed by atoms with Crippen LogP contribution in [0, 0.1) is 0 Å². The van der Waals surface area contributed by atoms with Crippen LogP contribution in [-0.2, 0) is 4.84 Å². The van der Waals surface area contributed by atoms with Gasteiger partial charge in [-0.05, 0) is 39.8 Å². The van der Waals surface area contributed by atoms with Crippen LogP contribution in [0.2, 0.25) is 0 Å². The van der Waals surface area contributed by atoms with Gasteiger partial charge in [0.25, 0.3) is 5.91 Å². The van der Waals surface area contributed by atoms with Gasteiger partial charge in [0.2, 0.25) is 5.75 Å². The van der Waals surface area contributed by atoms with Crippen LogP contribution in [0.4, 0.5) is 0 Å². The minimum Gasteiger partial charge on any atom is -0.490 e. The lowest BCUT2D eigenvalue weighted by Crippen LogP contribution is -2.23. The zero-order chi connectivity index (χ0) is 15.7. The molecule has 0 aliphatic carbocycles. The standard InChI is InChI=1S/C15H23NO5/c1-5-18-12-9-11(15(17)16-21-8-4)10-13(19-6-2)14(12)20-7-3/h9-10H,5-8H2,1-4H3,(H,16,17). The Balaban J connectivity index is 3.18. The van der Waals surface area contributed by atoms with E-state index >= 15 is 0 Å². The zero-order valence-electron chi connectivity index (χ0n) is 13.0. The first-order valence-corrected chi connectivity index (χ1v) is 7.16. The van der Waals surface area contributed by atoms with Crippen molar-refractivity contribution in [2.24, 2.45) is 0 Å². The van der Waals surface area contributed by atoms with Crippen LogP contribution in [-0.4, -0.2) is 32.3 Å². The minimum atomic E-state index is -0.359. The van der Waals surface area contributed by atoms with Gasteiger partial charge in [0.05, 0.1) is 26.4 Å². The summed E-state index contributed by atoms with van der Waals surface area (Å²) in [6.45, 7) is 9.18. The van der Waals surface area contributed by atoms with E-state index in [0.29, 0.717) is 49.2 Å². The van der Waals surface area contributed by atoms with Crippen LogP contribution in [0.5, 0.6) is 17.2 Å². The summed E-state index contributed by atoms with van der Waals surface area (Å²) in [6.07, 6.45) is 0. The summed E-state index contributed by atoms with van der Waals surface area (Å²) >= 11 is 0. The molecule has 0 radical (unpaired) electrons. The first-order chi connectivity index (χ1) is 10.2. The second kappa shape index (κ2) is 9.07. The van der Waals surface area contributed by atoms with E-state index in [1.807, 2.05) is 20.8 Å². The molecule has 0 aromatic heterocycles. The highest BCUT2D eigenvalue weighted by Gasteiger charge is 2.18. The third-order valence-corrected chi connectivity index (χ3v) is 2.48. The minimum absolute atomic E-state index is 0.359. The van der Waals surface area contributed by atoms with Crippen molar-refractivity contribution < 1.29 is 23.8 Å². The SMILES string of the molecule is CCONC(=O)c1cc(OCC)c(OCC)c(OCC)c1. The first kappa shape index (κ1) is 17.1. The number of hydrogen-bond acceptors (Lipinski definition) is 5. The van der Waals surface area contributed by atoms with E-state index in [4.69, 9.17) is 19.0 Å². The molecule has 1 aromatic carbocycles. The average molecular weight is 297 g/mol. The van der Waals surface area contributed by atoms with E-state index in [-0.39, 0.29) is 5.91 Å². The molecule has 0 saturated heterocycles. The van der Waals surface area contributed by atoms with Crippen LogP contribution >= 0.6 is 0 Å². The molecule has 0 atom stereocenters. The molecule has 118 valence electrons. The predicted octanol–water partition coefficient (Wildman–Crippen LogP) is 2.56. The Kier molecular flexibility index (Phi) is 7.39. The van der Waals surface area contributed by atoms with Gasteiger partial charge in [0.1, 0.15) is 0 Å². The summed E-state index contributed by atoms with van der Waals surface area (Å²) in [5.74, 6) is 1.11. The van der Waals surface area contributed by atoms with Gasteiger partial charge >= 0.3 is 0 Å². The normalized spacial score (nSPS) is 10.1. The second-order valence-electron chi connectivity index (χ2n) is 3.96. The summed E-state index contributed by atoms with van der Waals surface area (Å²) in [6, 6.07) is 3.23. The summed E-state index contributed by atoms with van der Waals surface area (Å²) < 4.78 is 16.7. The lowest BCUT2D eigenvalue weighted by molar-refractivity contribution is 0.0364. The van der Waals surface area contributed by atoms with E-state index < -0.39 is 0 Å². The molecule has 1 rings (SSSR count). The van der Waals surface area contributed by atoms with Crippen LogP contribution in [0.1, 0.15) is 38.1 Å². The van der Waals surface area contributed by atoms with E-state index in [1.165, 1.54) is 0 Å². The highest BCUT2D eigenvalue weighted by atomic mass is 16.6. The summed E-state index contributed by atoms with van der Waals surface area (Å²) in [5.41, 5.74) is 2.74. The number of carbonyl (C=O) groups excluding carboxylic acids is 1. The fourth-order valence-electron chi connectivity index (χ4n) is 1.72. The quantitative estimate of drug-likeness (QED) is 0.710. The van der Waals surface area contributed by atoms with Crippen molar-refractivity contribution >= 4 is 5.91 Å². The fourth-order valence-corrected chi connectivity index (χ4v) is 1.72. The maximum Gasteiger partial charge on any atom is 0.275 e. The van der Waals surface area contributed by atoms with Gasteiger partial charge in [-0.1, -0.05) is 0 Å². The van der Waals surface area contributed by atoms with Crippen molar-refractivity contribution in [1.82, 2.24) is 5.48 Å². The number of nitrogens with one attached hydrogen (secondary N) is 1. The second-order valence-corrected chi connectivity index (χ2v) is 3.96. The molecule has 0 fully saturated rings.